The molecule has 1 amide bonds. The minimum atomic E-state index is 0.0392. The highest BCUT2D eigenvalue weighted by atomic mass is 32.1. The van der Waals surface area contributed by atoms with Gasteiger partial charge in [-0.2, -0.15) is 0 Å². The lowest BCUT2D eigenvalue weighted by Gasteiger charge is -2.36. The molecule has 0 bridgehead atoms. The van der Waals surface area contributed by atoms with Gasteiger partial charge in [0.25, 0.3) is 0 Å². The Balaban J connectivity index is 1.52. The molecule has 0 aromatic carbocycles. The second kappa shape index (κ2) is 9.06. The van der Waals surface area contributed by atoms with Crippen molar-refractivity contribution in [1.29, 1.82) is 0 Å². The highest BCUT2D eigenvalue weighted by Gasteiger charge is 2.26. The molecule has 2 aliphatic rings. The van der Waals surface area contributed by atoms with Gasteiger partial charge in [-0.15, -0.1) is 11.3 Å². The van der Waals surface area contributed by atoms with Crippen molar-refractivity contribution >= 4 is 23.2 Å². The third-order valence-corrected chi connectivity index (χ3v) is 6.36. The van der Waals surface area contributed by atoms with Crippen molar-refractivity contribution < 1.29 is 4.79 Å². The Hall–Kier alpha value is -1.60. The van der Waals surface area contributed by atoms with Crippen molar-refractivity contribution in [1.82, 2.24) is 20.4 Å². The summed E-state index contributed by atoms with van der Waals surface area (Å²) in [6.07, 6.45) is 2.29. The largest absolute Gasteiger partial charge is 0.357 e. The molecule has 2 N–H and O–H groups in total. The number of piperazine rings is 1. The molecular formula is C20H33N5OS. The number of nitrogens with zero attached hydrogens (tertiary/aromatic N) is 3. The van der Waals surface area contributed by atoms with Gasteiger partial charge in [-0.05, 0) is 31.2 Å². The monoisotopic (exact) mass is 391 g/mol. The van der Waals surface area contributed by atoms with Crippen LogP contribution in [0, 0.1) is 0 Å². The van der Waals surface area contributed by atoms with Gasteiger partial charge in [-0.1, -0.05) is 19.9 Å². The van der Waals surface area contributed by atoms with Crippen molar-refractivity contribution in [2.45, 2.75) is 45.1 Å². The predicted molar refractivity (Wildman–Crippen MR) is 113 cm³/mol. The summed E-state index contributed by atoms with van der Waals surface area (Å²) in [6.45, 7) is 12.4. The molecule has 1 aliphatic heterocycles. The lowest BCUT2D eigenvalue weighted by atomic mass is 9.92. The van der Waals surface area contributed by atoms with Gasteiger partial charge in [0.15, 0.2) is 5.96 Å². The molecule has 7 heteroatoms. The van der Waals surface area contributed by atoms with Crippen molar-refractivity contribution in [2.24, 2.45) is 4.99 Å². The van der Waals surface area contributed by atoms with Crippen molar-refractivity contribution in [3.63, 3.8) is 0 Å². The zero-order chi connectivity index (χ0) is 19.3. The van der Waals surface area contributed by atoms with Crippen LogP contribution in [0.15, 0.2) is 22.5 Å². The highest BCUT2D eigenvalue weighted by molar-refractivity contribution is 7.10. The van der Waals surface area contributed by atoms with Crippen LogP contribution in [0.4, 0.5) is 0 Å². The van der Waals surface area contributed by atoms with Crippen LogP contribution in [-0.4, -0.2) is 73.5 Å². The van der Waals surface area contributed by atoms with Crippen LogP contribution in [0.2, 0.25) is 0 Å². The van der Waals surface area contributed by atoms with Gasteiger partial charge in [0.1, 0.15) is 0 Å². The number of rotatable bonds is 7. The molecule has 6 nitrogen and oxygen atoms in total. The first kappa shape index (κ1) is 20.1. The Morgan fingerprint density at radius 3 is 2.63 bits per heavy atom. The topological polar surface area (TPSA) is 60.0 Å². The van der Waals surface area contributed by atoms with E-state index in [1.54, 1.807) is 11.3 Å². The van der Waals surface area contributed by atoms with E-state index in [0.717, 1.165) is 58.1 Å². The smallest absolute Gasteiger partial charge is 0.234 e. The van der Waals surface area contributed by atoms with Crippen molar-refractivity contribution in [3.05, 3.63) is 22.4 Å². The minimum absolute atomic E-state index is 0.0392. The number of thiophene rings is 1. The number of carbonyl (C=O) groups is 1. The van der Waals surface area contributed by atoms with E-state index < -0.39 is 0 Å². The summed E-state index contributed by atoms with van der Waals surface area (Å²) in [5, 5.41) is 8.65. The summed E-state index contributed by atoms with van der Waals surface area (Å²) >= 11 is 1.80. The number of hydrogen-bond donors (Lipinski definition) is 2. The summed E-state index contributed by atoms with van der Waals surface area (Å²) in [5.41, 5.74) is 0.0392. The van der Waals surface area contributed by atoms with Gasteiger partial charge in [0, 0.05) is 49.1 Å². The molecule has 0 spiro atoms. The van der Waals surface area contributed by atoms with Crippen LogP contribution in [0.1, 0.15) is 38.5 Å². The Bertz CT molecular complexity index is 631. The van der Waals surface area contributed by atoms with Crippen LogP contribution in [0.25, 0.3) is 0 Å². The van der Waals surface area contributed by atoms with Crippen molar-refractivity contribution in [3.8, 4) is 0 Å². The number of hydrogen-bond acceptors (Lipinski definition) is 4. The Morgan fingerprint density at radius 1 is 1.30 bits per heavy atom. The maximum Gasteiger partial charge on any atom is 0.234 e. The molecule has 1 aromatic rings. The van der Waals surface area contributed by atoms with Crippen LogP contribution < -0.4 is 10.6 Å². The van der Waals surface area contributed by atoms with E-state index in [4.69, 9.17) is 4.99 Å². The zero-order valence-corrected chi connectivity index (χ0v) is 17.6. The Kier molecular flexibility index (Phi) is 6.76. The molecule has 27 heavy (non-hydrogen) atoms. The molecule has 0 radical (unpaired) electrons. The number of nitrogens with one attached hydrogen (secondary N) is 2. The normalized spacial score (nSPS) is 19.2. The molecular weight excluding hydrogens is 358 g/mol. The van der Waals surface area contributed by atoms with Crippen LogP contribution in [-0.2, 0) is 10.2 Å². The quantitative estimate of drug-likeness (QED) is 0.550. The molecule has 2 fully saturated rings. The molecule has 1 aliphatic carbocycles. The molecule has 1 aromatic heterocycles. The highest BCUT2D eigenvalue weighted by Crippen LogP contribution is 2.27. The molecule has 3 rings (SSSR count). The molecule has 2 heterocycles. The number of aliphatic imine (C=N–C) groups is 1. The maximum atomic E-state index is 12.0. The molecule has 1 saturated heterocycles. The van der Waals surface area contributed by atoms with E-state index in [2.05, 4.69) is 58.7 Å². The Morgan fingerprint density at radius 2 is 2.04 bits per heavy atom. The van der Waals surface area contributed by atoms with E-state index >= 15 is 0 Å². The fourth-order valence-corrected chi connectivity index (χ4v) is 4.11. The fraction of sp³-hybridized carbons (Fsp3) is 0.700. The lowest BCUT2D eigenvalue weighted by Crippen LogP contribution is -2.54. The Labute approximate surface area is 167 Å². The lowest BCUT2D eigenvalue weighted by molar-refractivity contribution is -0.122. The predicted octanol–water partition coefficient (Wildman–Crippen LogP) is 1.89. The first-order valence-electron chi connectivity index (χ1n) is 10.1. The molecule has 1 saturated carbocycles. The molecule has 0 unspecified atom stereocenters. The number of amides is 1. The van der Waals surface area contributed by atoms with E-state index in [1.165, 1.54) is 4.88 Å². The van der Waals surface area contributed by atoms with Crippen LogP contribution in [0.5, 0.6) is 0 Å². The van der Waals surface area contributed by atoms with Crippen molar-refractivity contribution in [2.75, 3.05) is 45.8 Å². The number of guanidine groups is 1. The number of carbonyl (C=O) groups excluding carboxylic acids is 1. The van der Waals surface area contributed by atoms with E-state index in [0.29, 0.717) is 12.6 Å². The summed E-state index contributed by atoms with van der Waals surface area (Å²) in [7, 11) is 0. The second-order valence-corrected chi connectivity index (χ2v) is 9.08. The standard InChI is InChI=1S/C20H33N5OS/c1-4-21-19(22-15-20(2,3)17-6-5-13-27-17)25-11-9-24(10-12-25)14-18(26)23-16-7-8-16/h5-6,13,16H,4,7-12,14-15H2,1-3H3,(H,21,22)(H,23,26). The maximum absolute atomic E-state index is 12.0. The minimum Gasteiger partial charge on any atom is -0.357 e. The zero-order valence-electron chi connectivity index (χ0n) is 16.8. The summed E-state index contributed by atoms with van der Waals surface area (Å²) < 4.78 is 0. The van der Waals surface area contributed by atoms with E-state index in [-0.39, 0.29) is 11.3 Å². The SMILES string of the molecule is CCNC(=NCC(C)(C)c1cccs1)N1CCN(CC(=O)NC2CC2)CC1. The first-order chi connectivity index (χ1) is 13.0. The molecule has 0 atom stereocenters. The van der Waals surface area contributed by atoms with E-state index in [1.807, 2.05) is 0 Å². The summed E-state index contributed by atoms with van der Waals surface area (Å²) in [4.78, 5) is 22.9. The average Bonchev–Trinajstić information content (AvgIpc) is 3.26. The second-order valence-electron chi connectivity index (χ2n) is 8.14. The molecule has 150 valence electrons. The summed E-state index contributed by atoms with van der Waals surface area (Å²) in [5.74, 6) is 1.16. The third-order valence-electron chi connectivity index (χ3n) is 5.13. The van der Waals surface area contributed by atoms with Crippen LogP contribution in [0.3, 0.4) is 0 Å². The van der Waals surface area contributed by atoms with Gasteiger partial charge in [-0.3, -0.25) is 14.7 Å². The average molecular weight is 392 g/mol. The summed E-state index contributed by atoms with van der Waals surface area (Å²) in [6, 6.07) is 4.74. The van der Waals surface area contributed by atoms with Crippen LogP contribution >= 0.6 is 11.3 Å². The van der Waals surface area contributed by atoms with Gasteiger partial charge in [0.2, 0.25) is 5.91 Å². The van der Waals surface area contributed by atoms with Gasteiger partial charge >= 0.3 is 0 Å². The van der Waals surface area contributed by atoms with Gasteiger partial charge < -0.3 is 15.5 Å². The first-order valence-corrected chi connectivity index (χ1v) is 10.9. The van der Waals surface area contributed by atoms with E-state index in [9.17, 15) is 4.79 Å². The van der Waals surface area contributed by atoms with Gasteiger partial charge in [0.05, 0.1) is 13.1 Å². The van der Waals surface area contributed by atoms with Gasteiger partial charge in [-0.25, -0.2) is 0 Å². The fourth-order valence-electron chi connectivity index (χ4n) is 3.26. The third kappa shape index (κ3) is 5.94.